The normalized spacial score (nSPS) is 46.8. The van der Waals surface area contributed by atoms with Crippen molar-refractivity contribution in [1.29, 1.82) is 0 Å². The molecule has 0 bridgehead atoms. The number of likely N-dealkylation sites (tertiary alicyclic amines) is 1. The zero-order chi connectivity index (χ0) is 14.7. The Labute approximate surface area is 120 Å². The Hall–Kier alpha value is -0.650. The molecule has 3 fully saturated rings. The van der Waals surface area contributed by atoms with Crippen molar-refractivity contribution in [3.8, 4) is 0 Å². The van der Waals surface area contributed by atoms with E-state index in [1.165, 1.54) is 0 Å². The molecule has 2 aliphatic heterocycles. The predicted octanol–water partition coefficient (Wildman–Crippen LogP) is 0.358. The van der Waals surface area contributed by atoms with Gasteiger partial charge in [0.2, 0.25) is 5.91 Å². The van der Waals surface area contributed by atoms with E-state index in [-0.39, 0.29) is 35.4 Å². The maximum absolute atomic E-state index is 13.0. The van der Waals surface area contributed by atoms with Crippen LogP contribution in [0.25, 0.3) is 0 Å². The minimum absolute atomic E-state index is 0.0491. The quantitative estimate of drug-likeness (QED) is 0.728. The zero-order valence-electron chi connectivity index (χ0n) is 12.6. The molecule has 3 N–H and O–H groups in total. The van der Waals surface area contributed by atoms with Gasteiger partial charge in [0, 0.05) is 31.0 Å². The van der Waals surface area contributed by atoms with Gasteiger partial charge in [0.25, 0.3) is 0 Å². The second-order valence-electron chi connectivity index (χ2n) is 7.36. The van der Waals surface area contributed by atoms with Gasteiger partial charge in [0.05, 0.1) is 12.2 Å². The number of fused-ring (bicyclic) bond motifs is 1. The van der Waals surface area contributed by atoms with E-state index in [1.54, 1.807) is 0 Å². The van der Waals surface area contributed by atoms with E-state index in [0.717, 1.165) is 6.42 Å². The van der Waals surface area contributed by atoms with Crippen molar-refractivity contribution >= 4 is 5.91 Å². The average molecular weight is 282 g/mol. The number of rotatable bonds is 1. The average Bonchev–Trinajstić information content (AvgIpc) is 2.88. The molecular formula is C15H26N2O3. The molecule has 5 heteroatoms. The highest BCUT2D eigenvalue weighted by atomic mass is 16.5. The van der Waals surface area contributed by atoms with E-state index in [0.29, 0.717) is 26.1 Å². The smallest absolute Gasteiger partial charge is 0.243 e. The lowest BCUT2D eigenvalue weighted by atomic mass is 9.47. The molecule has 2 saturated heterocycles. The lowest BCUT2D eigenvalue weighted by molar-refractivity contribution is -0.186. The minimum Gasteiger partial charge on any atom is -0.393 e. The molecule has 1 aliphatic carbocycles. The van der Waals surface area contributed by atoms with Crippen LogP contribution in [0.2, 0.25) is 0 Å². The highest BCUT2D eigenvalue weighted by Crippen LogP contribution is 2.58. The molecular weight excluding hydrogens is 256 g/mol. The molecule has 3 rings (SSSR count). The van der Waals surface area contributed by atoms with Crippen LogP contribution in [0.1, 0.15) is 33.6 Å². The lowest BCUT2D eigenvalue weighted by Crippen LogP contribution is -2.80. The van der Waals surface area contributed by atoms with Crippen LogP contribution in [-0.4, -0.2) is 53.4 Å². The van der Waals surface area contributed by atoms with Gasteiger partial charge in [0.15, 0.2) is 0 Å². The van der Waals surface area contributed by atoms with E-state index in [9.17, 15) is 9.90 Å². The molecule has 2 heterocycles. The van der Waals surface area contributed by atoms with E-state index in [1.807, 2.05) is 25.7 Å². The third-order valence-electron chi connectivity index (χ3n) is 5.96. The Balaban J connectivity index is 1.80. The fraction of sp³-hybridized carbons (Fsp3) is 0.933. The van der Waals surface area contributed by atoms with Gasteiger partial charge in [-0.2, -0.15) is 0 Å². The molecule has 5 atom stereocenters. The summed E-state index contributed by atoms with van der Waals surface area (Å²) in [5, 5.41) is 9.81. The summed E-state index contributed by atoms with van der Waals surface area (Å²) in [5.41, 5.74) is 5.46. The number of ether oxygens (including phenoxy) is 1. The number of aliphatic hydroxyl groups is 1. The highest BCUT2D eigenvalue weighted by Gasteiger charge is 2.72. The van der Waals surface area contributed by atoms with Crippen molar-refractivity contribution in [3.05, 3.63) is 0 Å². The number of carbonyl (C=O) groups is 1. The molecule has 1 saturated carbocycles. The van der Waals surface area contributed by atoms with Gasteiger partial charge in [-0.3, -0.25) is 4.79 Å². The number of hydrogen-bond donors (Lipinski definition) is 2. The molecule has 20 heavy (non-hydrogen) atoms. The fourth-order valence-electron chi connectivity index (χ4n) is 4.40. The van der Waals surface area contributed by atoms with Crippen LogP contribution in [0, 0.1) is 17.3 Å². The predicted molar refractivity (Wildman–Crippen MR) is 74.9 cm³/mol. The van der Waals surface area contributed by atoms with Crippen molar-refractivity contribution in [2.75, 3.05) is 19.7 Å². The number of nitrogens with two attached hydrogens (primary N) is 1. The maximum atomic E-state index is 13.0. The van der Waals surface area contributed by atoms with E-state index in [2.05, 4.69) is 0 Å². The number of amides is 1. The van der Waals surface area contributed by atoms with Crippen LogP contribution in [0.5, 0.6) is 0 Å². The third-order valence-corrected chi connectivity index (χ3v) is 5.96. The van der Waals surface area contributed by atoms with Crippen molar-refractivity contribution in [2.24, 2.45) is 23.0 Å². The Kier molecular flexibility index (Phi) is 3.16. The van der Waals surface area contributed by atoms with Gasteiger partial charge in [-0.25, -0.2) is 0 Å². The molecule has 0 aromatic rings. The van der Waals surface area contributed by atoms with E-state index >= 15 is 0 Å². The van der Waals surface area contributed by atoms with Crippen LogP contribution < -0.4 is 5.73 Å². The fourth-order valence-corrected chi connectivity index (χ4v) is 4.40. The Morgan fingerprint density at radius 1 is 1.40 bits per heavy atom. The Morgan fingerprint density at radius 3 is 2.75 bits per heavy atom. The summed E-state index contributed by atoms with van der Waals surface area (Å²) in [5.74, 6) is 0.315. The van der Waals surface area contributed by atoms with Crippen LogP contribution in [-0.2, 0) is 9.53 Å². The molecule has 5 unspecified atom stereocenters. The number of hydrogen-bond acceptors (Lipinski definition) is 4. The summed E-state index contributed by atoms with van der Waals surface area (Å²) in [7, 11) is 0. The minimum atomic E-state index is -0.809. The number of carbonyl (C=O) groups excluding carboxylic acids is 1. The molecule has 5 nitrogen and oxygen atoms in total. The first-order chi connectivity index (χ1) is 9.30. The zero-order valence-corrected chi connectivity index (χ0v) is 12.6. The molecule has 114 valence electrons. The number of nitrogens with zero attached hydrogens (tertiary/aromatic N) is 1. The first-order valence-corrected chi connectivity index (χ1v) is 7.68. The molecule has 0 aromatic carbocycles. The van der Waals surface area contributed by atoms with Crippen molar-refractivity contribution in [2.45, 2.75) is 51.4 Å². The van der Waals surface area contributed by atoms with Crippen molar-refractivity contribution in [3.63, 3.8) is 0 Å². The summed E-state index contributed by atoms with van der Waals surface area (Å²) < 4.78 is 5.75. The van der Waals surface area contributed by atoms with Crippen molar-refractivity contribution in [1.82, 2.24) is 4.90 Å². The number of aliphatic hydroxyl groups excluding tert-OH is 1. The summed E-state index contributed by atoms with van der Waals surface area (Å²) in [4.78, 5) is 14.8. The van der Waals surface area contributed by atoms with Crippen LogP contribution in [0.15, 0.2) is 0 Å². The van der Waals surface area contributed by atoms with Crippen LogP contribution >= 0.6 is 0 Å². The topological polar surface area (TPSA) is 75.8 Å². The Bertz CT molecular complexity index is 425. The molecule has 0 aromatic heterocycles. The number of piperidine rings is 1. The summed E-state index contributed by atoms with van der Waals surface area (Å²) in [6.45, 7) is 7.99. The van der Waals surface area contributed by atoms with E-state index < -0.39 is 5.54 Å². The second-order valence-corrected chi connectivity index (χ2v) is 7.36. The summed E-state index contributed by atoms with van der Waals surface area (Å²) in [6.07, 6.45) is 1.34. The molecule has 0 radical (unpaired) electrons. The van der Waals surface area contributed by atoms with Gasteiger partial charge in [-0.1, -0.05) is 20.8 Å². The van der Waals surface area contributed by atoms with E-state index in [4.69, 9.17) is 10.5 Å². The lowest BCUT2D eigenvalue weighted by Gasteiger charge is -2.62. The van der Waals surface area contributed by atoms with Gasteiger partial charge in [-0.05, 0) is 18.8 Å². The van der Waals surface area contributed by atoms with Gasteiger partial charge in [0.1, 0.15) is 5.54 Å². The van der Waals surface area contributed by atoms with Crippen LogP contribution in [0.3, 0.4) is 0 Å². The van der Waals surface area contributed by atoms with Gasteiger partial charge < -0.3 is 20.5 Å². The SMILES string of the molecule is CC1CN(C(=O)C2(N)C3CCOC3C2(C)C)CCC1O. The second kappa shape index (κ2) is 4.42. The first kappa shape index (κ1) is 14.3. The maximum Gasteiger partial charge on any atom is 0.243 e. The first-order valence-electron chi connectivity index (χ1n) is 7.68. The van der Waals surface area contributed by atoms with Crippen LogP contribution in [0.4, 0.5) is 0 Å². The summed E-state index contributed by atoms with van der Waals surface area (Å²) in [6, 6.07) is 0. The standard InChI is InChI=1S/C15H26N2O3/c1-9-8-17(6-4-11(9)18)13(19)15(16)10-5-7-20-12(10)14(15,2)3/h9-12,18H,4-8,16H2,1-3H3. The van der Waals surface area contributed by atoms with Gasteiger partial charge in [-0.15, -0.1) is 0 Å². The Morgan fingerprint density at radius 2 is 2.10 bits per heavy atom. The molecule has 1 amide bonds. The third kappa shape index (κ3) is 1.63. The monoisotopic (exact) mass is 282 g/mol. The molecule has 3 aliphatic rings. The van der Waals surface area contributed by atoms with Gasteiger partial charge >= 0.3 is 0 Å². The van der Waals surface area contributed by atoms with Crippen molar-refractivity contribution < 1.29 is 14.6 Å². The summed E-state index contributed by atoms with van der Waals surface area (Å²) >= 11 is 0. The highest BCUT2D eigenvalue weighted by molar-refractivity contribution is 5.89. The molecule has 0 spiro atoms. The largest absolute Gasteiger partial charge is 0.393 e.